The number of aliphatic hydroxyl groups is 1. The zero-order chi connectivity index (χ0) is 26.6. The van der Waals surface area contributed by atoms with Crippen molar-refractivity contribution in [1.82, 2.24) is 29.7 Å². The fourth-order valence-electron chi connectivity index (χ4n) is 4.62. The topological polar surface area (TPSA) is 104 Å². The van der Waals surface area contributed by atoms with Gasteiger partial charge in [-0.15, -0.1) is 0 Å². The Morgan fingerprint density at radius 2 is 1.76 bits per heavy atom. The lowest BCUT2D eigenvalue weighted by Crippen LogP contribution is -2.57. The van der Waals surface area contributed by atoms with Crippen LogP contribution in [0.4, 0.5) is 0 Å². The van der Waals surface area contributed by atoms with Crippen LogP contribution in [0.15, 0.2) is 67.1 Å². The Bertz CT molecular complexity index is 1440. The van der Waals surface area contributed by atoms with E-state index in [4.69, 9.17) is 23.2 Å². The second-order valence-corrected chi connectivity index (χ2v) is 9.96. The average molecular weight is 553 g/mol. The number of benzene rings is 2. The molecule has 0 unspecified atom stereocenters. The van der Waals surface area contributed by atoms with Crippen molar-refractivity contribution >= 4 is 45.9 Å². The maximum Gasteiger partial charge on any atom is 0.256 e. The van der Waals surface area contributed by atoms with Crippen molar-refractivity contribution in [2.45, 2.75) is 12.6 Å². The normalized spacial score (nSPS) is 16.1. The predicted molar refractivity (Wildman–Crippen MR) is 146 cm³/mol. The number of nitrogens with zero attached hydrogens (tertiary/aromatic N) is 5. The van der Waals surface area contributed by atoms with E-state index in [9.17, 15) is 14.7 Å². The highest BCUT2D eigenvalue weighted by molar-refractivity contribution is 6.31. The van der Waals surface area contributed by atoms with Crippen LogP contribution < -0.4 is 5.32 Å². The van der Waals surface area contributed by atoms with Crippen LogP contribution in [0, 0.1) is 0 Å². The third-order valence-corrected chi connectivity index (χ3v) is 7.11. The molecular weight excluding hydrogens is 527 g/mol. The van der Waals surface area contributed by atoms with Gasteiger partial charge in [-0.25, -0.2) is 9.97 Å². The second-order valence-electron chi connectivity index (χ2n) is 9.08. The first-order valence-electron chi connectivity index (χ1n) is 12.2. The number of hydrogen-bond acceptors (Lipinski definition) is 6. The molecule has 0 radical (unpaired) electrons. The highest BCUT2D eigenvalue weighted by Gasteiger charge is 2.32. The van der Waals surface area contributed by atoms with E-state index >= 15 is 0 Å². The molecule has 0 saturated carbocycles. The molecule has 1 saturated heterocycles. The van der Waals surface area contributed by atoms with Crippen LogP contribution in [-0.4, -0.2) is 80.1 Å². The molecule has 4 aromatic rings. The van der Waals surface area contributed by atoms with Gasteiger partial charge in [-0.3, -0.25) is 19.1 Å². The molecular formula is C27H26Cl2N6O3. The molecule has 0 spiro atoms. The lowest BCUT2D eigenvalue weighted by Gasteiger charge is -2.40. The number of nitrogens with one attached hydrogen (secondary N) is 1. The molecule has 11 heteroatoms. The van der Waals surface area contributed by atoms with Gasteiger partial charge >= 0.3 is 0 Å². The van der Waals surface area contributed by atoms with Crippen molar-refractivity contribution in [2.24, 2.45) is 0 Å². The maximum absolute atomic E-state index is 13.7. The van der Waals surface area contributed by atoms with Gasteiger partial charge in [0.25, 0.3) is 5.91 Å². The predicted octanol–water partition coefficient (Wildman–Crippen LogP) is 3.16. The summed E-state index contributed by atoms with van der Waals surface area (Å²) in [7, 11) is 0. The van der Waals surface area contributed by atoms with Crippen molar-refractivity contribution in [3.63, 3.8) is 0 Å². The standard InChI is InChI=1S/C27H26Cl2N6O3/c28-19-4-2-18(3-5-19)13-32-25(37)16-33-10-11-34(14-21(33)17-36)26(38)23-15-35(27-30-8-1-9-31-27)24-12-20(29)6-7-22(23)24/h1-9,12,15,21,36H,10-11,13-14,16-17H2,(H,32,37)/t21-/m0/s1. The maximum atomic E-state index is 13.7. The SMILES string of the molecule is O=C(CN1CCN(C(=O)c2cn(-c3ncccn3)c3cc(Cl)ccc23)C[C@H]1CO)NCc1ccc(Cl)cc1. The number of aliphatic hydroxyl groups excluding tert-OH is 1. The summed E-state index contributed by atoms with van der Waals surface area (Å²) in [6.45, 7) is 1.51. The number of hydrogen-bond donors (Lipinski definition) is 2. The van der Waals surface area contributed by atoms with Crippen LogP contribution in [0.1, 0.15) is 15.9 Å². The molecule has 2 amide bonds. The molecule has 5 rings (SSSR count). The van der Waals surface area contributed by atoms with Gasteiger partial charge in [0, 0.05) is 60.2 Å². The highest BCUT2D eigenvalue weighted by Crippen LogP contribution is 2.28. The Kier molecular flexibility index (Phi) is 7.90. The van der Waals surface area contributed by atoms with E-state index in [0.29, 0.717) is 47.7 Å². The lowest BCUT2D eigenvalue weighted by molar-refractivity contribution is -0.123. The molecule has 1 atom stereocenters. The zero-order valence-corrected chi connectivity index (χ0v) is 21.9. The lowest BCUT2D eigenvalue weighted by atomic mass is 10.1. The number of halogens is 2. The third-order valence-electron chi connectivity index (χ3n) is 6.62. The second kappa shape index (κ2) is 11.5. The van der Waals surface area contributed by atoms with E-state index in [1.54, 1.807) is 58.4 Å². The summed E-state index contributed by atoms with van der Waals surface area (Å²) in [5.41, 5.74) is 2.16. The fourth-order valence-corrected chi connectivity index (χ4v) is 4.92. The largest absolute Gasteiger partial charge is 0.395 e. The van der Waals surface area contributed by atoms with Crippen LogP contribution in [0.25, 0.3) is 16.9 Å². The van der Waals surface area contributed by atoms with Gasteiger partial charge in [-0.2, -0.15) is 0 Å². The molecule has 38 heavy (non-hydrogen) atoms. The van der Waals surface area contributed by atoms with Crippen LogP contribution in [-0.2, 0) is 11.3 Å². The Morgan fingerprint density at radius 1 is 1.03 bits per heavy atom. The van der Waals surface area contributed by atoms with Gasteiger partial charge in [0.1, 0.15) is 0 Å². The molecule has 0 aliphatic carbocycles. The van der Waals surface area contributed by atoms with Crippen molar-refractivity contribution in [3.05, 3.63) is 88.3 Å². The molecule has 0 bridgehead atoms. The molecule has 2 N–H and O–H groups in total. The van der Waals surface area contributed by atoms with Crippen molar-refractivity contribution in [3.8, 4) is 5.95 Å². The van der Waals surface area contributed by atoms with Crippen LogP contribution >= 0.6 is 23.2 Å². The highest BCUT2D eigenvalue weighted by atomic mass is 35.5. The molecule has 2 aromatic carbocycles. The molecule has 1 aliphatic heterocycles. The Balaban J connectivity index is 1.28. The molecule has 9 nitrogen and oxygen atoms in total. The summed E-state index contributed by atoms with van der Waals surface area (Å²) in [6.07, 6.45) is 5.00. The minimum atomic E-state index is -0.366. The van der Waals surface area contributed by atoms with Gasteiger partial charge < -0.3 is 15.3 Å². The van der Waals surface area contributed by atoms with Gasteiger partial charge in [0.2, 0.25) is 11.9 Å². The minimum absolute atomic E-state index is 0.129. The molecule has 2 aromatic heterocycles. The van der Waals surface area contributed by atoms with E-state index in [-0.39, 0.29) is 31.0 Å². The number of amides is 2. The monoisotopic (exact) mass is 552 g/mol. The molecule has 196 valence electrons. The van der Waals surface area contributed by atoms with Crippen LogP contribution in [0.5, 0.6) is 0 Å². The van der Waals surface area contributed by atoms with E-state index in [2.05, 4.69) is 15.3 Å². The van der Waals surface area contributed by atoms with Gasteiger partial charge in [-0.05, 0) is 35.9 Å². The quantitative estimate of drug-likeness (QED) is 0.365. The van der Waals surface area contributed by atoms with E-state index < -0.39 is 0 Å². The van der Waals surface area contributed by atoms with Gasteiger partial charge in [-0.1, -0.05) is 41.4 Å². The third kappa shape index (κ3) is 5.66. The van der Waals surface area contributed by atoms with Crippen molar-refractivity contribution in [1.29, 1.82) is 0 Å². The molecule has 1 aliphatic rings. The van der Waals surface area contributed by atoms with E-state index in [1.165, 1.54) is 0 Å². The van der Waals surface area contributed by atoms with E-state index in [0.717, 1.165) is 16.5 Å². The molecule has 3 heterocycles. The number of aromatic nitrogens is 3. The van der Waals surface area contributed by atoms with Crippen LogP contribution in [0.3, 0.4) is 0 Å². The minimum Gasteiger partial charge on any atom is -0.395 e. The van der Waals surface area contributed by atoms with E-state index in [1.807, 2.05) is 23.1 Å². The zero-order valence-electron chi connectivity index (χ0n) is 20.4. The Labute approximate surface area is 229 Å². The number of piperazine rings is 1. The smallest absolute Gasteiger partial charge is 0.256 e. The van der Waals surface area contributed by atoms with Gasteiger partial charge in [0.15, 0.2) is 0 Å². The summed E-state index contributed by atoms with van der Waals surface area (Å²) in [5.74, 6) is 0.111. The molecule has 1 fully saturated rings. The summed E-state index contributed by atoms with van der Waals surface area (Å²) in [6, 6.07) is 14.0. The Morgan fingerprint density at radius 3 is 2.50 bits per heavy atom. The fraction of sp³-hybridized carbons (Fsp3) is 0.259. The first-order valence-corrected chi connectivity index (χ1v) is 12.9. The number of fused-ring (bicyclic) bond motifs is 1. The van der Waals surface area contributed by atoms with Crippen LogP contribution in [0.2, 0.25) is 10.0 Å². The summed E-state index contributed by atoms with van der Waals surface area (Å²) < 4.78 is 1.75. The summed E-state index contributed by atoms with van der Waals surface area (Å²) in [5, 5.41) is 14.9. The van der Waals surface area contributed by atoms with Crippen molar-refractivity contribution in [2.75, 3.05) is 32.8 Å². The average Bonchev–Trinajstić information content (AvgIpc) is 3.31. The Hall–Kier alpha value is -3.50. The number of carbonyl (C=O) groups is 2. The first kappa shape index (κ1) is 26.1. The number of rotatable bonds is 7. The van der Waals surface area contributed by atoms with Gasteiger partial charge in [0.05, 0.1) is 30.3 Å². The number of carbonyl (C=O) groups excluding carboxylic acids is 2. The summed E-state index contributed by atoms with van der Waals surface area (Å²) in [4.78, 5) is 38.5. The van der Waals surface area contributed by atoms with Crippen molar-refractivity contribution < 1.29 is 14.7 Å². The summed E-state index contributed by atoms with van der Waals surface area (Å²) >= 11 is 12.2. The first-order chi connectivity index (χ1) is 18.4.